The van der Waals surface area contributed by atoms with Crippen LogP contribution in [0.4, 0.5) is 15.6 Å². The normalized spacial score (nSPS) is 27.8. The van der Waals surface area contributed by atoms with Crippen LogP contribution in [-0.4, -0.2) is 122 Å². The highest BCUT2D eigenvalue weighted by molar-refractivity contribution is 7.15. The van der Waals surface area contributed by atoms with Crippen molar-refractivity contribution in [2.45, 2.75) is 121 Å². The summed E-state index contributed by atoms with van der Waals surface area (Å²) >= 11 is 1.25. The van der Waals surface area contributed by atoms with Crippen molar-refractivity contribution in [1.82, 2.24) is 20.7 Å². The SMILES string of the molecule is C[C@]12C=CC(=O)C=C1CC[C@@H]1[C@@H]2[C@@H](O)C[C@@]2(C)[C@H]1C[C@H]1O[C@@H](c3ccc(Cc4cnc(NC(=O)OCc5ccc(NC(=O)[C@H](CCC(=O)O)NC(=O)CNC(=O)CCC(=O)ON6C(=O)CCC6=O)cc5)s4)cc3)O[C@]12C(=O)CO. The van der Waals surface area contributed by atoms with E-state index in [0.717, 1.165) is 22.4 Å². The van der Waals surface area contributed by atoms with Crippen molar-refractivity contribution in [2.75, 3.05) is 23.8 Å². The van der Waals surface area contributed by atoms with Crippen LogP contribution in [0, 0.1) is 28.6 Å². The number of nitrogens with zero attached hydrogens (tertiary/aromatic N) is 2. The third-order valence-corrected chi connectivity index (χ3v) is 17.2. The van der Waals surface area contributed by atoms with Gasteiger partial charge in [-0.25, -0.2) is 14.6 Å². The summed E-state index contributed by atoms with van der Waals surface area (Å²) in [6, 6.07) is 12.4. The predicted octanol–water partition coefficient (Wildman–Crippen LogP) is 3.88. The number of hydrogen-bond donors (Lipinski definition) is 7. The lowest BCUT2D eigenvalue weighted by Crippen LogP contribution is -2.63. The number of aromatic nitrogens is 1. The van der Waals surface area contributed by atoms with E-state index in [4.69, 9.17) is 19.0 Å². The Labute approximate surface area is 456 Å². The molecule has 3 aromatic rings. The van der Waals surface area contributed by atoms with Crippen LogP contribution < -0.4 is 21.3 Å². The lowest BCUT2D eigenvalue weighted by Gasteiger charge is -2.59. The van der Waals surface area contributed by atoms with Gasteiger partial charge in [0.2, 0.25) is 17.7 Å². The van der Waals surface area contributed by atoms with Gasteiger partial charge in [-0.05, 0) is 79.4 Å². The molecule has 2 saturated heterocycles. The summed E-state index contributed by atoms with van der Waals surface area (Å²) in [5.41, 5.74) is 0.673. The first kappa shape index (κ1) is 56.2. The largest absolute Gasteiger partial charge is 0.481 e. The number of hydrogen-bond acceptors (Lipinski definition) is 18. The number of thiazole rings is 1. The van der Waals surface area contributed by atoms with Crippen LogP contribution >= 0.6 is 11.3 Å². The van der Waals surface area contributed by atoms with Gasteiger partial charge in [-0.3, -0.25) is 43.7 Å². The Balaban J connectivity index is 0.721. The van der Waals surface area contributed by atoms with Crippen LogP contribution in [0.25, 0.3) is 0 Å². The first-order chi connectivity index (χ1) is 37.7. The van der Waals surface area contributed by atoms with Crippen LogP contribution in [-0.2, 0) is 75.2 Å². The fourth-order valence-corrected chi connectivity index (χ4v) is 13.4. The number of carbonyl (C=O) groups is 10. The second kappa shape index (κ2) is 23.1. The number of carboxylic acids is 1. The minimum absolute atomic E-state index is 0.0317. The van der Waals surface area contributed by atoms with Crippen molar-refractivity contribution in [3.8, 4) is 0 Å². The number of aliphatic hydroxyl groups is 2. The van der Waals surface area contributed by atoms with Gasteiger partial charge in [0, 0.05) is 71.2 Å². The number of ether oxygens (including phenoxy) is 3. The molecule has 23 nitrogen and oxygen atoms in total. The minimum Gasteiger partial charge on any atom is -0.481 e. The van der Waals surface area contributed by atoms with Crippen molar-refractivity contribution in [1.29, 1.82) is 0 Å². The van der Waals surface area contributed by atoms with Gasteiger partial charge in [0.1, 0.15) is 19.3 Å². The van der Waals surface area contributed by atoms with Crippen molar-refractivity contribution < 1.29 is 82.3 Å². The Morgan fingerprint density at radius 1 is 0.911 bits per heavy atom. The Morgan fingerprint density at radius 2 is 1.63 bits per heavy atom. The van der Waals surface area contributed by atoms with E-state index < -0.39 is 127 Å². The summed E-state index contributed by atoms with van der Waals surface area (Å²) in [5.74, 6) is -6.58. The second-order valence-electron chi connectivity index (χ2n) is 21.2. The highest BCUT2D eigenvalue weighted by atomic mass is 32.1. The number of aliphatic carboxylic acids is 1. The molecular formula is C55H60N6O17S. The molecule has 6 amide bonds. The highest BCUT2D eigenvalue weighted by Gasteiger charge is 2.76. The zero-order valence-electron chi connectivity index (χ0n) is 43.2. The number of carbonyl (C=O) groups excluding carboxylic acids is 9. The van der Waals surface area contributed by atoms with E-state index in [0.29, 0.717) is 40.6 Å². The van der Waals surface area contributed by atoms with Gasteiger partial charge >= 0.3 is 18.0 Å². The number of fused-ring (bicyclic) bond motifs is 7. The van der Waals surface area contributed by atoms with Gasteiger partial charge in [-0.2, -0.15) is 0 Å². The predicted molar refractivity (Wildman–Crippen MR) is 275 cm³/mol. The smallest absolute Gasteiger partial charge is 0.413 e. The number of rotatable bonds is 20. The van der Waals surface area contributed by atoms with Crippen LogP contribution in [0.5, 0.6) is 0 Å². The van der Waals surface area contributed by atoms with E-state index >= 15 is 0 Å². The summed E-state index contributed by atoms with van der Waals surface area (Å²) in [7, 11) is 0. The zero-order chi connectivity index (χ0) is 56.4. The lowest BCUT2D eigenvalue weighted by molar-refractivity contribution is -0.201. The fraction of sp³-hybridized carbons (Fsp3) is 0.473. The van der Waals surface area contributed by atoms with Gasteiger partial charge < -0.3 is 50.3 Å². The quantitative estimate of drug-likeness (QED) is 0.0790. The summed E-state index contributed by atoms with van der Waals surface area (Å²) in [5, 5.41) is 42.1. The average molecular weight is 1110 g/mol. The molecule has 7 N–H and O–H groups in total. The lowest BCUT2D eigenvalue weighted by atomic mass is 9.46. The number of aliphatic hydroxyl groups excluding tert-OH is 2. The number of hydroxylamine groups is 2. The maximum absolute atomic E-state index is 14.0. The van der Waals surface area contributed by atoms with Crippen molar-refractivity contribution in [3.63, 3.8) is 0 Å². The molecule has 0 radical (unpaired) electrons. The van der Waals surface area contributed by atoms with Gasteiger partial charge in [0.15, 0.2) is 28.6 Å². The Bertz CT molecular complexity index is 3000. The molecule has 9 rings (SSSR count). The maximum atomic E-state index is 14.0. The van der Waals surface area contributed by atoms with Crippen LogP contribution in [0.3, 0.4) is 0 Å². The second-order valence-corrected chi connectivity index (χ2v) is 22.3. The molecular weight excluding hydrogens is 1050 g/mol. The summed E-state index contributed by atoms with van der Waals surface area (Å²) in [4.78, 5) is 134. The highest BCUT2D eigenvalue weighted by Crippen LogP contribution is 2.70. The first-order valence-electron chi connectivity index (χ1n) is 26.0. The number of Topliss-reactive ketones (excluding diaryl/α,β-unsaturated/α-hetero) is 1. The summed E-state index contributed by atoms with van der Waals surface area (Å²) < 4.78 is 18.7. The van der Waals surface area contributed by atoms with Crippen molar-refractivity contribution >= 4 is 81.3 Å². The molecule has 4 aliphatic carbocycles. The molecule has 0 unspecified atom stereocenters. The van der Waals surface area contributed by atoms with E-state index in [1.165, 1.54) is 23.5 Å². The summed E-state index contributed by atoms with van der Waals surface area (Å²) in [6.45, 7) is 2.58. The monoisotopic (exact) mass is 1110 g/mol. The third-order valence-electron chi connectivity index (χ3n) is 16.3. The number of allylic oxidation sites excluding steroid dienone is 4. The number of anilines is 2. The molecule has 5 fully saturated rings. The standard InChI is InChI=1S/C55H60N6O17S/c1-53-20-19-34(63)22-32(53)9-12-36-37-23-41-55(40(65)27-62,54(37,2)24-39(64)48(36)53)77-50(76-41)31-7-3-29(4-8-31)21-35-25-57-51(79-35)60-52(74)75-28-30-5-10-33(11-6-30)58-49(73)38(13-17-46(70)71)59-43(67)26-56-42(66)14-18-47(72)78-61-44(68)15-16-45(61)69/h3-8,10-11,19-20,22,25,36-39,41,48,50,62,64H,9,12-18,21,23-24,26-28H2,1-2H3,(H,56,66)(H,58,73)(H,59,67)(H,70,71)(H,57,60,74)/t36-,37-,38-,39-,41+,48+,50+,53-,54-,55+/m0/s1. The number of nitrogens with one attached hydrogen (secondary N) is 4. The molecule has 10 atom stereocenters. The maximum Gasteiger partial charge on any atom is 0.413 e. The number of imide groups is 1. The minimum atomic E-state index is -1.47. The molecule has 1 aromatic heterocycles. The number of benzene rings is 2. The Morgan fingerprint density at radius 3 is 2.34 bits per heavy atom. The van der Waals surface area contributed by atoms with E-state index in [1.807, 2.05) is 37.3 Å². The molecule has 2 aliphatic heterocycles. The van der Waals surface area contributed by atoms with Crippen LogP contribution in [0.2, 0.25) is 0 Å². The molecule has 24 heteroatoms. The molecule has 0 spiro atoms. The molecule has 2 aromatic carbocycles. The molecule has 3 heterocycles. The molecule has 418 valence electrons. The van der Waals surface area contributed by atoms with E-state index in [1.54, 1.807) is 30.5 Å². The number of amides is 6. The Kier molecular flexibility index (Phi) is 16.4. The third kappa shape index (κ3) is 11.6. The van der Waals surface area contributed by atoms with Crippen molar-refractivity contribution in [2.24, 2.45) is 28.6 Å². The van der Waals surface area contributed by atoms with E-state index in [2.05, 4.69) is 33.2 Å². The van der Waals surface area contributed by atoms with Gasteiger partial charge in [-0.1, -0.05) is 61.9 Å². The van der Waals surface area contributed by atoms with E-state index in [-0.39, 0.29) is 61.5 Å². The topological polar surface area (TPSA) is 333 Å². The van der Waals surface area contributed by atoms with Gasteiger partial charge in [-0.15, -0.1) is 16.4 Å². The fourth-order valence-electron chi connectivity index (χ4n) is 12.5. The molecule has 6 aliphatic rings. The first-order valence-corrected chi connectivity index (χ1v) is 26.8. The van der Waals surface area contributed by atoms with E-state index in [9.17, 15) is 63.3 Å². The number of ketones is 2. The van der Waals surface area contributed by atoms with Crippen LogP contribution in [0.15, 0.2) is 78.5 Å². The van der Waals surface area contributed by atoms with Crippen molar-refractivity contribution in [3.05, 3.63) is 100 Å². The zero-order valence-corrected chi connectivity index (χ0v) is 44.0. The average Bonchev–Trinajstić information content (AvgIpc) is 1.98. The van der Waals surface area contributed by atoms with Crippen LogP contribution in [0.1, 0.15) is 106 Å². The number of carboxylic acid groups (broad SMARTS) is 1. The van der Waals surface area contributed by atoms with Gasteiger partial charge in [0.25, 0.3) is 11.8 Å². The molecule has 0 bridgehead atoms. The molecule has 3 saturated carbocycles. The summed E-state index contributed by atoms with van der Waals surface area (Å²) in [6.07, 6.45) is 4.62. The molecule has 79 heavy (non-hydrogen) atoms. The van der Waals surface area contributed by atoms with Gasteiger partial charge in [0.05, 0.1) is 25.2 Å². The Hall–Kier alpha value is -7.51.